The molecular weight excluding hydrogens is 414 g/mol. The van der Waals surface area contributed by atoms with Crippen molar-refractivity contribution in [3.63, 3.8) is 0 Å². The summed E-state index contributed by atoms with van der Waals surface area (Å²) < 4.78 is 0.942. The molecule has 7 heteroatoms. The third-order valence-corrected chi connectivity index (χ3v) is 5.42. The molecule has 1 atom stereocenters. The van der Waals surface area contributed by atoms with E-state index >= 15 is 0 Å². The zero-order valence-electron chi connectivity index (χ0n) is 13.9. The predicted octanol–water partition coefficient (Wildman–Crippen LogP) is 3.61. The number of thioether (sulfide) groups is 1. The van der Waals surface area contributed by atoms with E-state index in [1.165, 1.54) is 17.3 Å². The highest BCUT2D eigenvalue weighted by molar-refractivity contribution is 9.10. The van der Waals surface area contributed by atoms with Crippen LogP contribution in [0.25, 0.3) is 0 Å². The number of amides is 2. The molecule has 0 spiro atoms. The quantitative estimate of drug-likeness (QED) is 0.733. The number of halogens is 1. The summed E-state index contributed by atoms with van der Waals surface area (Å²) in [5.41, 5.74) is 1.91. The Hall–Kier alpha value is -2.12. The molecule has 2 aromatic carbocycles. The van der Waals surface area contributed by atoms with Crippen molar-refractivity contribution in [1.29, 1.82) is 0 Å². The van der Waals surface area contributed by atoms with Crippen LogP contribution in [0.3, 0.4) is 0 Å². The van der Waals surface area contributed by atoms with Crippen molar-refractivity contribution in [1.82, 2.24) is 5.32 Å². The highest BCUT2D eigenvalue weighted by Gasteiger charge is 2.31. The first-order valence-corrected chi connectivity index (χ1v) is 9.89. The molecule has 0 radical (unpaired) electrons. The molecule has 1 aliphatic heterocycles. The van der Waals surface area contributed by atoms with Gasteiger partial charge in [-0.1, -0.05) is 58.0 Å². The number of hydrogen-bond donors (Lipinski definition) is 2. The van der Waals surface area contributed by atoms with Crippen molar-refractivity contribution in [3.05, 3.63) is 64.6 Å². The summed E-state index contributed by atoms with van der Waals surface area (Å²) in [4.78, 5) is 28.6. The predicted molar refractivity (Wildman–Crippen MR) is 109 cm³/mol. The van der Waals surface area contributed by atoms with Crippen LogP contribution in [0.2, 0.25) is 0 Å². The molecule has 0 aliphatic carbocycles. The van der Waals surface area contributed by atoms with E-state index in [1.807, 2.05) is 30.3 Å². The topological polar surface area (TPSA) is 70.6 Å². The summed E-state index contributed by atoms with van der Waals surface area (Å²) in [6.07, 6.45) is 0.930. The summed E-state index contributed by atoms with van der Waals surface area (Å²) >= 11 is 4.67. The number of amidine groups is 1. The van der Waals surface area contributed by atoms with Crippen molar-refractivity contribution in [3.8, 4) is 0 Å². The third kappa shape index (κ3) is 5.44. The number of aliphatic imine (C=N–C) groups is 1. The van der Waals surface area contributed by atoms with Gasteiger partial charge in [-0.2, -0.15) is 0 Å². The molecular formula is C19H18BrN3O2S. The zero-order valence-corrected chi connectivity index (χ0v) is 16.3. The minimum atomic E-state index is -0.444. The van der Waals surface area contributed by atoms with Crippen molar-refractivity contribution in [2.45, 2.75) is 18.1 Å². The molecule has 134 valence electrons. The maximum absolute atomic E-state index is 12.1. The fraction of sp³-hybridized carbons (Fsp3) is 0.211. The Morgan fingerprint density at radius 2 is 1.88 bits per heavy atom. The average Bonchev–Trinajstić information content (AvgIpc) is 2.97. The third-order valence-electron chi connectivity index (χ3n) is 3.77. The number of carbonyl (C=O) groups is 2. The van der Waals surface area contributed by atoms with Crippen LogP contribution < -0.4 is 10.6 Å². The Bertz CT molecular complexity index is 809. The number of hydrogen-bond acceptors (Lipinski definition) is 4. The number of rotatable bonds is 6. The van der Waals surface area contributed by atoms with Gasteiger partial charge in [-0.3, -0.25) is 14.6 Å². The Labute approximate surface area is 164 Å². The smallest absolute Gasteiger partial charge is 0.240 e. The van der Waals surface area contributed by atoms with Crippen LogP contribution in [0.5, 0.6) is 0 Å². The first-order chi connectivity index (χ1) is 12.6. The second-order valence-electron chi connectivity index (χ2n) is 5.78. The Morgan fingerprint density at radius 3 is 2.62 bits per heavy atom. The summed E-state index contributed by atoms with van der Waals surface area (Å²) in [6, 6.07) is 17.4. The number of nitrogens with zero attached hydrogens (tertiary/aromatic N) is 1. The van der Waals surface area contributed by atoms with Crippen LogP contribution in [0.4, 0.5) is 5.69 Å². The SMILES string of the molecule is O=C(C[C@H]1SC(=NCCc2ccccc2)NC1=O)Nc1ccc(Br)cc1. The molecule has 2 amide bonds. The first kappa shape index (κ1) is 18.7. The number of benzene rings is 2. The van der Waals surface area contributed by atoms with Gasteiger partial charge in [-0.05, 0) is 36.2 Å². The maximum Gasteiger partial charge on any atom is 0.240 e. The largest absolute Gasteiger partial charge is 0.326 e. The lowest BCUT2D eigenvalue weighted by atomic mass is 10.2. The van der Waals surface area contributed by atoms with Gasteiger partial charge in [-0.15, -0.1) is 0 Å². The monoisotopic (exact) mass is 431 g/mol. The van der Waals surface area contributed by atoms with Crippen molar-refractivity contribution in [2.75, 3.05) is 11.9 Å². The van der Waals surface area contributed by atoms with Gasteiger partial charge in [0.25, 0.3) is 0 Å². The molecule has 1 heterocycles. The molecule has 26 heavy (non-hydrogen) atoms. The van der Waals surface area contributed by atoms with E-state index in [0.29, 0.717) is 17.4 Å². The van der Waals surface area contributed by atoms with E-state index in [4.69, 9.17) is 0 Å². The molecule has 1 saturated heterocycles. The second kappa shape index (κ2) is 9.00. The molecule has 3 rings (SSSR count). The molecule has 2 N–H and O–H groups in total. The van der Waals surface area contributed by atoms with Gasteiger partial charge in [0.05, 0.1) is 0 Å². The lowest BCUT2D eigenvalue weighted by Gasteiger charge is -2.07. The Balaban J connectivity index is 1.48. The number of carbonyl (C=O) groups excluding carboxylic acids is 2. The van der Waals surface area contributed by atoms with E-state index in [9.17, 15) is 9.59 Å². The van der Waals surface area contributed by atoms with Crippen LogP contribution >= 0.6 is 27.7 Å². The minimum absolute atomic E-state index is 0.115. The van der Waals surface area contributed by atoms with Gasteiger partial charge in [0.1, 0.15) is 5.25 Å². The van der Waals surface area contributed by atoms with Gasteiger partial charge in [0.2, 0.25) is 11.8 Å². The molecule has 0 unspecified atom stereocenters. The summed E-state index contributed by atoms with van der Waals surface area (Å²) in [5.74, 6) is -0.357. The van der Waals surface area contributed by atoms with E-state index in [2.05, 4.69) is 43.7 Å². The first-order valence-electron chi connectivity index (χ1n) is 8.21. The number of anilines is 1. The molecule has 0 aromatic heterocycles. The highest BCUT2D eigenvalue weighted by atomic mass is 79.9. The molecule has 1 fully saturated rings. The molecule has 0 bridgehead atoms. The highest BCUT2D eigenvalue weighted by Crippen LogP contribution is 2.23. The van der Waals surface area contributed by atoms with E-state index in [0.717, 1.165) is 10.9 Å². The summed E-state index contributed by atoms with van der Waals surface area (Å²) in [5, 5.41) is 5.70. The van der Waals surface area contributed by atoms with Crippen LogP contribution in [0, 0.1) is 0 Å². The van der Waals surface area contributed by atoms with Gasteiger partial charge < -0.3 is 10.6 Å². The van der Waals surface area contributed by atoms with Gasteiger partial charge in [0.15, 0.2) is 5.17 Å². The Morgan fingerprint density at radius 1 is 1.15 bits per heavy atom. The van der Waals surface area contributed by atoms with Gasteiger partial charge in [-0.25, -0.2) is 0 Å². The van der Waals surface area contributed by atoms with Crippen molar-refractivity contribution in [2.24, 2.45) is 4.99 Å². The van der Waals surface area contributed by atoms with Crippen molar-refractivity contribution >= 4 is 50.4 Å². The normalized spacial score (nSPS) is 18.0. The van der Waals surface area contributed by atoms with Crippen LogP contribution in [-0.2, 0) is 16.0 Å². The zero-order chi connectivity index (χ0) is 18.4. The van der Waals surface area contributed by atoms with E-state index in [1.54, 1.807) is 12.1 Å². The maximum atomic E-state index is 12.1. The molecule has 1 aliphatic rings. The van der Waals surface area contributed by atoms with Crippen LogP contribution in [0.15, 0.2) is 64.1 Å². The van der Waals surface area contributed by atoms with E-state index in [-0.39, 0.29) is 18.2 Å². The number of nitrogens with one attached hydrogen (secondary N) is 2. The second-order valence-corrected chi connectivity index (χ2v) is 7.88. The van der Waals surface area contributed by atoms with Crippen LogP contribution in [0.1, 0.15) is 12.0 Å². The average molecular weight is 432 g/mol. The lowest BCUT2D eigenvalue weighted by Crippen LogP contribution is -2.28. The molecule has 2 aromatic rings. The van der Waals surface area contributed by atoms with Gasteiger partial charge >= 0.3 is 0 Å². The molecule has 5 nitrogen and oxygen atoms in total. The van der Waals surface area contributed by atoms with Gasteiger partial charge in [0, 0.05) is 23.1 Å². The summed E-state index contributed by atoms with van der Waals surface area (Å²) in [6.45, 7) is 0.602. The van der Waals surface area contributed by atoms with Crippen LogP contribution in [-0.4, -0.2) is 28.8 Å². The fourth-order valence-corrected chi connectivity index (χ4v) is 3.72. The minimum Gasteiger partial charge on any atom is -0.326 e. The standard InChI is InChI=1S/C19H18BrN3O2S/c20-14-6-8-15(9-7-14)22-17(24)12-16-18(25)23-19(26-16)21-11-10-13-4-2-1-3-5-13/h1-9,16H,10-12H2,(H,22,24)(H,21,23,25)/t16-/m1/s1. The fourth-order valence-electron chi connectivity index (χ4n) is 2.46. The summed E-state index contributed by atoms with van der Waals surface area (Å²) in [7, 11) is 0. The van der Waals surface area contributed by atoms with E-state index < -0.39 is 5.25 Å². The van der Waals surface area contributed by atoms with Crippen molar-refractivity contribution < 1.29 is 9.59 Å². The molecule has 0 saturated carbocycles. The Kier molecular flexibility index (Phi) is 6.46. The lowest BCUT2D eigenvalue weighted by molar-refractivity contribution is -0.122.